The van der Waals surface area contributed by atoms with E-state index in [-0.39, 0.29) is 0 Å². The van der Waals surface area contributed by atoms with Gasteiger partial charge in [-0.15, -0.1) is 0 Å². The Kier molecular flexibility index (Phi) is 4.50. The molecule has 21 heavy (non-hydrogen) atoms. The lowest BCUT2D eigenvalue weighted by Gasteiger charge is -2.36. The minimum atomic E-state index is -1.16. The van der Waals surface area contributed by atoms with E-state index in [2.05, 4.69) is 12.2 Å². The van der Waals surface area contributed by atoms with E-state index < -0.39 is 17.4 Å². The maximum Gasteiger partial charge on any atom is 0.329 e. The second-order valence-corrected chi connectivity index (χ2v) is 5.72. The van der Waals surface area contributed by atoms with Gasteiger partial charge in [0.1, 0.15) is 11.3 Å². The van der Waals surface area contributed by atoms with Crippen molar-refractivity contribution < 1.29 is 19.4 Å². The number of carboxylic acids is 1. The number of hydrogen-bond acceptors (Lipinski definition) is 3. The van der Waals surface area contributed by atoms with Crippen molar-refractivity contribution in [1.82, 2.24) is 5.32 Å². The average molecular weight is 291 g/mol. The molecule has 1 amide bonds. The molecule has 1 saturated carbocycles. The molecule has 2 N–H and O–H groups in total. The number of carbonyl (C=O) groups excluding carboxylic acids is 1. The number of carboxylic acid groups (broad SMARTS) is 1. The van der Waals surface area contributed by atoms with Gasteiger partial charge in [0.15, 0.2) is 0 Å². The van der Waals surface area contributed by atoms with Gasteiger partial charge >= 0.3 is 5.97 Å². The highest BCUT2D eigenvalue weighted by molar-refractivity contribution is 6.00. The van der Waals surface area contributed by atoms with Crippen LogP contribution in [0.5, 0.6) is 5.75 Å². The number of nitrogens with one attached hydrogen (secondary N) is 1. The molecule has 1 aliphatic carbocycles. The molecule has 1 aliphatic rings. The van der Waals surface area contributed by atoms with Crippen molar-refractivity contribution in [3.05, 3.63) is 29.8 Å². The van der Waals surface area contributed by atoms with Crippen LogP contribution in [0.1, 0.15) is 43.0 Å². The number of hydrogen-bond donors (Lipinski definition) is 2. The van der Waals surface area contributed by atoms with E-state index in [4.69, 9.17) is 4.74 Å². The van der Waals surface area contributed by atoms with Crippen LogP contribution in [0.15, 0.2) is 24.3 Å². The number of methoxy groups -OCH3 is 1. The lowest BCUT2D eigenvalue weighted by atomic mass is 9.77. The van der Waals surface area contributed by atoms with Crippen LogP contribution < -0.4 is 10.1 Å². The summed E-state index contributed by atoms with van der Waals surface area (Å²) in [4.78, 5) is 24.1. The Balaban J connectivity index is 2.21. The SMILES string of the molecule is COc1ccccc1C(=O)NC1(C(=O)O)CCC(C)CC1. The second kappa shape index (κ2) is 6.16. The number of benzene rings is 1. The molecule has 5 nitrogen and oxygen atoms in total. The van der Waals surface area contributed by atoms with Crippen molar-refractivity contribution in [2.45, 2.75) is 38.1 Å². The van der Waals surface area contributed by atoms with Crippen molar-refractivity contribution in [2.75, 3.05) is 7.11 Å². The zero-order valence-corrected chi connectivity index (χ0v) is 12.4. The molecule has 5 heteroatoms. The Morgan fingerprint density at radius 2 is 1.90 bits per heavy atom. The van der Waals surface area contributed by atoms with Crippen LogP contribution in [-0.2, 0) is 4.79 Å². The van der Waals surface area contributed by atoms with Gasteiger partial charge in [0.05, 0.1) is 12.7 Å². The highest BCUT2D eigenvalue weighted by atomic mass is 16.5. The summed E-state index contributed by atoms with van der Waals surface area (Å²) in [5.41, 5.74) is -0.802. The van der Waals surface area contributed by atoms with E-state index >= 15 is 0 Å². The minimum Gasteiger partial charge on any atom is -0.496 e. The molecule has 0 aliphatic heterocycles. The molecule has 1 fully saturated rings. The molecule has 0 unspecified atom stereocenters. The van der Waals surface area contributed by atoms with E-state index in [9.17, 15) is 14.7 Å². The maximum atomic E-state index is 12.4. The molecular weight excluding hydrogens is 270 g/mol. The highest BCUT2D eigenvalue weighted by Gasteiger charge is 2.42. The Hall–Kier alpha value is -2.04. The first-order chi connectivity index (χ1) is 9.98. The lowest BCUT2D eigenvalue weighted by molar-refractivity contribution is -0.146. The Morgan fingerprint density at radius 1 is 1.29 bits per heavy atom. The largest absolute Gasteiger partial charge is 0.496 e. The molecule has 0 saturated heterocycles. The molecule has 0 radical (unpaired) electrons. The molecule has 0 aromatic heterocycles. The Morgan fingerprint density at radius 3 is 2.48 bits per heavy atom. The zero-order valence-electron chi connectivity index (χ0n) is 12.4. The van der Waals surface area contributed by atoms with E-state index in [1.165, 1.54) is 7.11 Å². The van der Waals surface area contributed by atoms with Crippen LogP contribution in [0.4, 0.5) is 0 Å². The fourth-order valence-electron chi connectivity index (χ4n) is 2.76. The predicted octanol–water partition coefficient (Wildman–Crippen LogP) is 2.46. The number of carbonyl (C=O) groups is 2. The molecule has 1 aromatic rings. The zero-order chi connectivity index (χ0) is 15.5. The smallest absolute Gasteiger partial charge is 0.329 e. The quantitative estimate of drug-likeness (QED) is 0.893. The summed E-state index contributed by atoms with van der Waals surface area (Å²) in [6, 6.07) is 6.82. The third kappa shape index (κ3) is 3.17. The monoisotopic (exact) mass is 291 g/mol. The van der Waals surface area contributed by atoms with Crippen LogP contribution in [0.3, 0.4) is 0 Å². The van der Waals surface area contributed by atoms with Gasteiger partial charge in [-0.1, -0.05) is 19.1 Å². The van der Waals surface area contributed by atoms with Gasteiger partial charge in [0.25, 0.3) is 5.91 Å². The summed E-state index contributed by atoms with van der Waals surface area (Å²) >= 11 is 0. The van der Waals surface area contributed by atoms with E-state index in [1.54, 1.807) is 24.3 Å². The minimum absolute atomic E-state index is 0.360. The van der Waals surface area contributed by atoms with Crippen LogP contribution in [-0.4, -0.2) is 29.6 Å². The molecular formula is C16H21NO4. The first-order valence-electron chi connectivity index (χ1n) is 7.17. The number of rotatable bonds is 4. The average Bonchev–Trinajstić information content (AvgIpc) is 2.49. The van der Waals surface area contributed by atoms with Crippen LogP contribution >= 0.6 is 0 Å². The first kappa shape index (κ1) is 15.4. The van der Waals surface area contributed by atoms with Crippen molar-refractivity contribution in [2.24, 2.45) is 5.92 Å². The van der Waals surface area contributed by atoms with Gasteiger partial charge in [-0.25, -0.2) is 4.79 Å². The van der Waals surface area contributed by atoms with Gasteiger partial charge in [0.2, 0.25) is 0 Å². The summed E-state index contributed by atoms with van der Waals surface area (Å²) in [6.07, 6.45) is 2.53. The molecule has 114 valence electrons. The van der Waals surface area contributed by atoms with Crippen LogP contribution in [0, 0.1) is 5.92 Å². The van der Waals surface area contributed by atoms with E-state index in [0.717, 1.165) is 12.8 Å². The van der Waals surface area contributed by atoms with Crippen LogP contribution in [0.2, 0.25) is 0 Å². The van der Waals surface area contributed by atoms with E-state index in [1.807, 2.05) is 0 Å². The first-order valence-corrected chi connectivity index (χ1v) is 7.17. The fraction of sp³-hybridized carbons (Fsp3) is 0.500. The molecule has 0 bridgehead atoms. The Labute approximate surface area is 124 Å². The molecule has 0 atom stereocenters. The van der Waals surface area contributed by atoms with Gasteiger partial charge in [-0.2, -0.15) is 0 Å². The third-order valence-corrected chi connectivity index (χ3v) is 4.24. The standard InChI is InChI=1S/C16H21NO4/c1-11-7-9-16(10-8-11,15(19)20)17-14(18)12-5-3-4-6-13(12)21-2/h3-6,11H,7-10H2,1-2H3,(H,17,18)(H,19,20). The second-order valence-electron chi connectivity index (χ2n) is 5.72. The summed E-state index contributed by atoms with van der Waals surface area (Å²) < 4.78 is 5.16. The Bertz CT molecular complexity index is 533. The van der Waals surface area contributed by atoms with E-state index in [0.29, 0.717) is 30.1 Å². The summed E-state index contributed by atoms with van der Waals surface area (Å²) in [5.74, 6) is -0.414. The molecule has 2 rings (SSSR count). The van der Waals surface area contributed by atoms with Crippen LogP contribution in [0.25, 0.3) is 0 Å². The van der Waals surface area contributed by atoms with Crippen molar-refractivity contribution in [3.8, 4) is 5.75 Å². The number of amides is 1. The lowest BCUT2D eigenvalue weighted by Crippen LogP contribution is -2.56. The predicted molar refractivity (Wildman–Crippen MR) is 78.5 cm³/mol. The van der Waals surface area contributed by atoms with Gasteiger partial charge < -0.3 is 15.2 Å². The molecule has 0 heterocycles. The molecule has 1 aromatic carbocycles. The molecule has 0 spiro atoms. The van der Waals surface area contributed by atoms with Crippen molar-refractivity contribution >= 4 is 11.9 Å². The fourth-order valence-corrected chi connectivity index (χ4v) is 2.76. The summed E-state index contributed by atoms with van der Waals surface area (Å²) in [5, 5.41) is 12.3. The number of ether oxygens (including phenoxy) is 1. The topological polar surface area (TPSA) is 75.6 Å². The van der Waals surface area contributed by atoms with Gasteiger partial charge in [-0.05, 0) is 43.7 Å². The van der Waals surface area contributed by atoms with Gasteiger partial charge in [-0.3, -0.25) is 4.79 Å². The van der Waals surface area contributed by atoms with Crippen molar-refractivity contribution in [1.29, 1.82) is 0 Å². The summed E-state index contributed by atoms with van der Waals surface area (Å²) in [6.45, 7) is 2.10. The number of aliphatic carboxylic acids is 1. The highest BCUT2D eigenvalue weighted by Crippen LogP contribution is 2.33. The van der Waals surface area contributed by atoms with Crippen molar-refractivity contribution in [3.63, 3.8) is 0 Å². The summed E-state index contributed by atoms with van der Waals surface area (Å²) in [7, 11) is 1.49. The maximum absolute atomic E-state index is 12.4. The van der Waals surface area contributed by atoms with Gasteiger partial charge in [0, 0.05) is 0 Å². The number of para-hydroxylation sites is 1. The third-order valence-electron chi connectivity index (χ3n) is 4.24. The normalized spacial score (nSPS) is 25.1.